The molecule has 20 heavy (non-hydrogen) atoms. The van der Waals surface area contributed by atoms with Gasteiger partial charge in [0.05, 0.1) is 19.8 Å². The largest absolute Gasteiger partial charge is 0.496 e. The van der Waals surface area contributed by atoms with Gasteiger partial charge in [-0.05, 0) is 24.0 Å². The van der Waals surface area contributed by atoms with Gasteiger partial charge in [-0.2, -0.15) is 0 Å². The van der Waals surface area contributed by atoms with Gasteiger partial charge in [0, 0.05) is 18.4 Å². The molecule has 1 aliphatic carbocycles. The van der Waals surface area contributed by atoms with E-state index in [-0.39, 0.29) is 18.9 Å². The highest BCUT2D eigenvalue weighted by Crippen LogP contribution is 2.37. The van der Waals surface area contributed by atoms with Crippen LogP contribution in [0.2, 0.25) is 0 Å². The topological polar surface area (TPSA) is 18.5 Å². The molecule has 0 spiro atoms. The van der Waals surface area contributed by atoms with Crippen molar-refractivity contribution < 1.29 is 18.3 Å². The highest BCUT2D eigenvalue weighted by Gasteiger charge is 2.39. The van der Waals surface area contributed by atoms with Gasteiger partial charge in [-0.15, -0.1) is 0 Å². The Morgan fingerprint density at radius 1 is 1.35 bits per heavy atom. The second-order valence-corrected chi connectivity index (χ2v) is 5.76. The van der Waals surface area contributed by atoms with Crippen molar-refractivity contribution in [1.82, 2.24) is 0 Å². The quantitative estimate of drug-likeness (QED) is 0.791. The fourth-order valence-corrected chi connectivity index (χ4v) is 2.50. The van der Waals surface area contributed by atoms with Crippen LogP contribution in [0.5, 0.6) is 5.75 Å². The zero-order valence-electron chi connectivity index (χ0n) is 12.3. The summed E-state index contributed by atoms with van der Waals surface area (Å²) in [6.07, 6.45) is -0.153. The Labute approximate surface area is 119 Å². The average Bonchev–Trinajstić information content (AvgIpc) is 2.75. The van der Waals surface area contributed by atoms with Crippen LogP contribution in [-0.2, 0) is 11.3 Å². The van der Waals surface area contributed by atoms with Crippen molar-refractivity contribution in [3.8, 4) is 5.75 Å². The summed E-state index contributed by atoms with van der Waals surface area (Å²) in [6.45, 7) is 4.55. The first-order chi connectivity index (χ1) is 9.41. The van der Waals surface area contributed by atoms with E-state index in [1.807, 2.05) is 18.2 Å². The van der Waals surface area contributed by atoms with Gasteiger partial charge < -0.3 is 9.47 Å². The predicted molar refractivity (Wildman–Crippen MR) is 74.5 cm³/mol. The van der Waals surface area contributed by atoms with Crippen molar-refractivity contribution in [3.05, 3.63) is 29.3 Å². The molecule has 0 amide bonds. The summed E-state index contributed by atoms with van der Waals surface area (Å²) in [6, 6.07) is 5.99. The molecule has 0 radical (unpaired) electrons. The number of alkyl halides is 2. The zero-order valence-corrected chi connectivity index (χ0v) is 12.3. The first-order valence-corrected chi connectivity index (χ1v) is 7.07. The molecule has 1 unspecified atom stereocenters. The van der Waals surface area contributed by atoms with Crippen LogP contribution in [0, 0.1) is 0 Å². The molecule has 1 saturated carbocycles. The first kappa shape index (κ1) is 15.2. The van der Waals surface area contributed by atoms with E-state index in [0.717, 1.165) is 11.3 Å². The summed E-state index contributed by atoms with van der Waals surface area (Å²) in [5, 5.41) is 0. The number of hydrogen-bond acceptors (Lipinski definition) is 2. The van der Waals surface area contributed by atoms with Crippen molar-refractivity contribution in [1.29, 1.82) is 0 Å². The molecule has 0 aromatic heterocycles. The maximum absolute atomic E-state index is 13.1. The number of methoxy groups -OCH3 is 1. The molecule has 112 valence electrons. The summed E-state index contributed by atoms with van der Waals surface area (Å²) >= 11 is 0. The van der Waals surface area contributed by atoms with Crippen LogP contribution in [0.15, 0.2) is 18.2 Å². The second-order valence-electron chi connectivity index (χ2n) is 5.76. The molecule has 1 atom stereocenters. The molecule has 0 heterocycles. The molecule has 0 saturated heterocycles. The van der Waals surface area contributed by atoms with Crippen LogP contribution < -0.4 is 4.74 Å². The van der Waals surface area contributed by atoms with E-state index in [9.17, 15) is 8.78 Å². The van der Waals surface area contributed by atoms with Crippen molar-refractivity contribution in [2.45, 2.75) is 57.7 Å². The van der Waals surface area contributed by atoms with Gasteiger partial charge in [-0.1, -0.05) is 26.0 Å². The molecular formula is C16H22F2O2. The summed E-state index contributed by atoms with van der Waals surface area (Å²) < 4.78 is 37.2. The van der Waals surface area contributed by atoms with Gasteiger partial charge in [0.25, 0.3) is 5.92 Å². The van der Waals surface area contributed by atoms with Crippen molar-refractivity contribution in [2.75, 3.05) is 7.11 Å². The molecular weight excluding hydrogens is 262 g/mol. The number of hydrogen-bond donors (Lipinski definition) is 0. The van der Waals surface area contributed by atoms with Crippen molar-refractivity contribution in [3.63, 3.8) is 0 Å². The lowest BCUT2D eigenvalue weighted by atomic mass is 10.0. The maximum atomic E-state index is 13.1. The van der Waals surface area contributed by atoms with E-state index in [0.29, 0.717) is 18.9 Å². The van der Waals surface area contributed by atoms with Gasteiger partial charge in [0.15, 0.2) is 0 Å². The molecule has 0 bridgehead atoms. The summed E-state index contributed by atoms with van der Waals surface area (Å²) in [5.74, 6) is -1.37. The molecule has 2 rings (SSSR count). The third-order valence-electron chi connectivity index (χ3n) is 3.81. The Kier molecular flexibility index (Phi) is 4.63. The van der Waals surface area contributed by atoms with E-state index >= 15 is 0 Å². The molecule has 1 aromatic carbocycles. The van der Waals surface area contributed by atoms with Crippen LogP contribution in [0.3, 0.4) is 0 Å². The molecule has 4 heteroatoms. The Bertz CT molecular complexity index is 458. The van der Waals surface area contributed by atoms with E-state index in [1.54, 1.807) is 7.11 Å². The molecule has 1 aromatic rings. The summed E-state index contributed by atoms with van der Waals surface area (Å²) in [5.41, 5.74) is 2.10. The second kappa shape index (κ2) is 6.08. The number of rotatable bonds is 5. The normalized spacial score (nSPS) is 21.4. The van der Waals surface area contributed by atoms with Crippen LogP contribution in [-0.4, -0.2) is 19.1 Å². The Balaban J connectivity index is 1.99. The minimum atomic E-state index is -2.56. The smallest absolute Gasteiger partial charge is 0.250 e. The number of halogens is 2. The Morgan fingerprint density at radius 3 is 2.65 bits per heavy atom. The maximum Gasteiger partial charge on any atom is 0.250 e. The Hall–Kier alpha value is -1.16. The van der Waals surface area contributed by atoms with Crippen LogP contribution >= 0.6 is 0 Å². The van der Waals surface area contributed by atoms with E-state index in [2.05, 4.69) is 13.8 Å². The highest BCUT2D eigenvalue weighted by atomic mass is 19.3. The monoisotopic (exact) mass is 284 g/mol. The SMILES string of the molecule is COc1cc(C(C)C)ccc1COC1CCC(F)(F)C1. The molecule has 1 fully saturated rings. The predicted octanol–water partition coefficient (Wildman–Crippen LogP) is 4.52. The summed E-state index contributed by atoms with van der Waals surface area (Å²) in [7, 11) is 1.62. The standard InChI is InChI=1S/C16H22F2O2/c1-11(2)12-4-5-13(15(8-12)19-3)10-20-14-6-7-16(17,18)9-14/h4-5,8,11,14H,6-7,9-10H2,1-3H3. The zero-order chi connectivity index (χ0) is 14.8. The minimum Gasteiger partial charge on any atom is -0.496 e. The fourth-order valence-electron chi connectivity index (χ4n) is 2.50. The van der Waals surface area contributed by atoms with Gasteiger partial charge in [-0.3, -0.25) is 0 Å². The molecule has 0 N–H and O–H groups in total. The Morgan fingerprint density at radius 2 is 2.10 bits per heavy atom. The van der Waals surface area contributed by atoms with Gasteiger partial charge in [0.2, 0.25) is 0 Å². The van der Waals surface area contributed by atoms with Gasteiger partial charge >= 0.3 is 0 Å². The van der Waals surface area contributed by atoms with Crippen LogP contribution in [0.1, 0.15) is 50.2 Å². The highest BCUT2D eigenvalue weighted by molar-refractivity contribution is 5.38. The van der Waals surface area contributed by atoms with Crippen molar-refractivity contribution >= 4 is 0 Å². The van der Waals surface area contributed by atoms with E-state index < -0.39 is 5.92 Å². The lowest BCUT2D eigenvalue weighted by Crippen LogP contribution is -2.14. The molecule has 0 aliphatic heterocycles. The lowest BCUT2D eigenvalue weighted by molar-refractivity contribution is -0.0227. The van der Waals surface area contributed by atoms with Crippen LogP contribution in [0.4, 0.5) is 8.78 Å². The lowest BCUT2D eigenvalue weighted by Gasteiger charge is -2.16. The summed E-state index contributed by atoms with van der Waals surface area (Å²) in [4.78, 5) is 0. The third kappa shape index (κ3) is 3.69. The number of ether oxygens (including phenoxy) is 2. The van der Waals surface area contributed by atoms with E-state index in [1.165, 1.54) is 5.56 Å². The van der Waals surface area contributed by atoms with Crippen LogP contribution in [0.25, 0.3) is 0 Å². The van der Waals surface area contributed by atoms with E-state index in [4.69, 9.17) is 9.47 Å². The fraction of sp³-hybridized carbons (Fsp3) is 0.625. The molecule has 1 aliphatic rings. The molecule has 2 nitrogen and oxygen atoms in total. The minimum absolute atomic E-state index is 0.0684. The third-order valence-corrected chi connectivity index (χ3v) is 3.81. The van der Waals surface area contributed by atoms with Crippen molar-refractivity contribution in [2.24, 2.45) is 0 Å². The number of benzene rings is 1. The van der Waals surface area contributed by atoms with Gasteiger partial charge in [-0.25, -0.2) is 8.78 Å². The average molecular weight is 284 g/mol. The van der Waals surface area contributed by atoms with Gasteiger partial charge in [0.1, 0.15) is 5.75 Å². The first-order valence-electron chi connectivity index (χ1n) is 7.07.